The molecule has 1 aliphatic heterocycles. The molecule has 0 saturated carbocycles. The third-order valence-electron chi connectivity index (χ3n) is 3.98. The van der Waals surface area contributed by atoms with E-state index in [1.165, 1.54) is 29.2 Å². The summed E-state index contributed by atoms with van der Waals surface area (Å²) in [5.74, 6) is -0.919. The Bertz CT molecular complexity index is 651. The summed E-state index contributed by atoms with van der Waals surface area (Å²) in [4.78, 5) is 27.8. The van der Waals surface area contributed by atoms with E-state index in [1.54, 1.807) is 17.9 Å². The Labute approximate surface area is 145 Å². The second kappa shape index (κ2) is 8.26. The molecular formula is C17H20ClFN2O3. The SMILES string of the molecule is C[C@H]1C(=O)N(CCCO)CCN1C(=O)/C=C/c1ccc(F)c(Cl)c1. The molecule has 2 rings (SSSR count). The summed E-state index contributed by atoms with van der Waals surface area (Å²) >= 11 is 5.71. The Balaban J connectivity index is 2.01. The molecule has 24 heavy (non-hydrogen) atoms. The average molecular weight is 355 g/mol. The third-order valence-corrected chi connectivity index (χ3v) is 4.27. The summed E-state index contributed by atoms with van der Waals surface area (Å²) in [6, 6.07) is 3.64. The number of carbonyl (C=O) groups is 2. The largest absolute Gasteiger partial charge is 0.396 e. The monoisotopic (exact) mass is 354 g/mol. The minimum Gasteiger partial charge on any atom is -0.396 e. The second-order valence-electron chi connectivity index (χ2n) is 5.62. The lowest BCUT2D eigenvalue weighted by molar-refractivity contribution is -0.148. The molecule has 0 aromatic heterocycles. The first-order valence-electron chi connectivity index (χ1n) is 7.77. The standard InChI is InChI=1S/C17H20ClFN2O3/c1-12-17(24)20(7-2-10-22)8-9-21(12)16(23)6-4-13-3-5-15(19)14(18)11-13/h3-6,11-12,22H,2,7-10H2,1H3/b6-4+/t12-/m0/s1. The topological polar surface area (TPSA) is 60.9 Å². The highest BCUT2D eigenvalue weighted by atomic mass is 35.5. The first-order valence-corrected chi connectivity index (χ1v) is 8.15. The van der Waals surface area contributed by atoms with Gasteiger partial charge in [0, 0.05) is 32.3 Å². The first-order chi connectivity index (χ1) is 11.4. The zero-order valence-electron chi connectivity index (χ0n) is 13.4. The van der Waals surface area contributed by atoms with E-state index >= 15 is 0 Å². The molecule has 0 radical (unpaired) electrons. The van der Waals surface area contributed by atoms with Crippen LogP contribution in [0.25, 0.3) is 6.08 Å². The van der Waals surface area contributed by atoms with Crippen molar-refractivity contribution in [3.05, 3.63) is 40.7 Å². The van der Waals surface area contributed by atoms with Crippen molar-refractivity contribution in [3.63, 3.8) is 0 Å². The summed E-state index contributed by atoms with van der Waals surface area (Å²) in [5.41, 5.74) is 0.607. The zero-order valence-corrected chi connectivity index (χ0v) is 14.2. The first kappa shape index (κ1) is 18.4. The number of hydrogen-bond acceptors (Lipinski definition) is 3. The van der Waals surface area contributed by atoms with Crippen LogP contribution in [0.2, 0.25) is 5.02 Å². The molecule has 5 nitrogen and oxygen atoms in total. The average Bonchev–Trinajstić information content (AvgIpc) is 2.57. The van der Waals surface area contributed by atoms with Crippen LogP contribution in [0, 0.1) is 5.82 Å². The summed E-state index contributed by atoms with van der Waals surface area (Å²) < 4.78 is 13.1. The minimum atomic E-state index is -0.550. The van der Waals surface area contributed by atoms with Crippen LogP contribution >= 0.6 is 11.6 Å². The van der Waals surface area contributed by atoms with Crippen LogP contribution in [0.1, 0.15) is 18.9 Å². The lowest BCUT2D eigenvalue weighted by atomic mass is 10.1. The van der Waals surface area contributed by atoms with Gasteiger partial charge in [-0.2, -0.15) is 0 Å². The maximum Gasteiger partial charge on any atom is 0.247 e. The van der Waals surface area contributed by atoms with Gasteiger partial charge in [0.1, 0.15) is 11.9 Å². The molecule has 7 heteroatoms. The van der Waals surface area contributed by atoms with Crippen molar-refractivity contribution in [2.75, 3.05) is 26.2 Å². The lowest BCUT2D eigenvalue weighted by Crippen LogP contribution is -2.57. The number of carbonyl (C=O) groups excluding carboxylic acids is 2. The van der Waals surface area contributed by atoms with E-state index in [9.17, 15) is 14.0 Å². The van der Waals surface area contributed by atoms with Crippen molar-refractivity contribution >= 4 is 29.5 Å². The number of hydrogen-bond donors (Lipinski definition) is 1. The van der Waals surface area contributed by atoms with Gasteiger partial charge < -0.3 is 14.9 Å². The number of piperazine rings is 1. The highest BCUT2D eigenvalue weighted by molar-refractivity contribution is 6.30. The fourth-order valence-corrected chi connectivity index (χ4v) is 2.78. The molecule has 0 aliphatic carbocycles. The maximum absolute atomic E-state index is 13.1. The number of benzene rings is 1. The molecular weight excluding hydrogens is 335 g/mol. The van der Waals surface area contributed by atoms with Gasteiger partial charge in [-0.1, -0.05) is 17.7 Å². The molecule has 0 bridgehead atoms. The fourth-order valence-electron chi connectivity index (χ4n) is 2.59. The number of nitrogens with zero attached hydrogens (tertiary/aromatic N) is 2. The third kappa shape index (κ3) is 4.33. The van der Waals surface area contributed by atoms with Crippen LogP contribution in [0.3, 0.4) is 0 Å². The number of amides is 2. The van der Waals surface area contributed by atoms with Gasteiger partial charge in [0.25, 0.3) is 0 Å². The number of halogens is 2. The van der Waals surface area contributed by atoms with Crippen molar-refractivity contribution in [3.8, 4) is 0 Å². The van der Waals surface area contributed by atoms with Crippen molar-refractivity contribution in [2.24, 2.45) is 0 Å². The van der Waals surface area contributed by atoms with Crippen LogP contribution < -0.4 is 0 Å². The van der Waals surface area contributed by atoms with Gasteiger partial charge in [0.05, 0.1) is 5.02 Å². The molecule has 1 heterocycles. The molecule has 1 saturated heterocycles. The predicted molar refractivity (Wildman–Crippen MR) is 89.9 cm³/mol. The molecule has 1 N–H and O–H groups in total. The number of aliphatic hydroxyl groups excluding tert-OH is 1. The van der Waals surface area contributed by atoms with Gasteiger partial charge in [-0.25, -0.2) is 4.39 Å². The highest BCUT2D eigenvalue weighted by Crippen LogP contribution is 2.17. The predicted octanol–water partition coefficient (Wildman–Crippen LogP) is 1.93. The summed E-state index contributed by atoms with van der Waals surface area (Å²) in [5, 5.41) is 8.85. The van der Waals surface area contributed by atoms with Gasteiger partial charge in [0.15, 0.2) is 0 Å². The van der Waals surface area contributed by atoms with E-state index in [0.29, 0.717) is 31.6 Å². The van der Waals surface area contributed by atoms with E-state index in [0.717, 1.165) is 0 Å². The normalized spacial score (nSPS) is 18.5. The van der Waals surface area contributed by atoms with Gasteiger partial charge in [-0.05, 0) is 37.1 Å². The second-order valence-corrected chi connectivity index (χ2v) is 6.02. The quantitative estimate of drug-likeness (QED) is 0.822. The smallest absolute Gasteiger partial charge is 0.247 e. The Morgan fingerprint density at radius 3 is 2.88 bits per heavy atom. The van der Waals surface area contributed by atoms with Gasteiger partial charge >= 0.3 is 0 Å². The molecule has 1 aromatic carbocycles. The van der Waals surface area contributed by atoms with E-state index in [-0.39, 0.29) is 23.4 Å². The van der Waals surface area contributed by atoms with E-state index in [1.807, 2.05) is 0 Å². The van der Waals surface area contributed by atoms with Crippen molar-refractivity contribution < 1.29 is 19.1 Å². The maximum atomic E-state index is 13.1. The van der Waals surface area contributed by atoms with Crippen LogP contribution in [0.5, 0.6) is 0 Å². The Morgan fingerprint density at radius 1 is 1.46 bits per heavy atom. The van der Waals surface area contributed by atoms with Crippen LogP contribution in [-0.2, 0) is 9.59 Å². The van der Waals surface area contributed by atoms with Crippen LogP contribution in [0.4, 0.5) is 4.39 Å². The van der Waals surface area contributed by atoms with E-state index in [4.69, 9.17) is 16.7 Å². The number of rotatable bonds is 5. The fraction of sp³-hybridized carbons (Fsp3) is 0.412. The van der Waals surface area contributed by atoms with Crippen molar-refractivity contribution in [1.82, 2.24) is 9.80 Å². The summed E-state index contributed by atoms with van der Waals surface area (Å²) in [7, 11) is 0. The molecule has 1 aromatic rings. The van der Waals surface area contributed by atoms with Gasteiger partial charge in [-0.3, -0.25) is 9.59 Å². The van der Waals surface area contributed by atoms with E-state index < -0.39 is 11.9 Å². The molecule has 130 valence electrons. The Hall–Kier alpha value is -1.92. The Kier molecular flexibility index (Phi) is 6.34. The molecule has 1 aliphatic rings. The molecule has 2 amide bonds. The Morgan fingerprint density at radius 2 is 2.21 bits per heavy atom. The van der Waals surface area contributed by atoms with Crippen molar-refractivity contribution in [2.45, 2.75) is 19.4 Å². The van der Waals surface area contributed by atoms with E-state index in [2.05, 4.69) is 0 Å². The molecule has 1 atom stereocenters. The number of aliphatic hydroxyl groups is 1. The lowest BCUT2D eigenvalue weighted by Gasteiger charge is -2.38. The minimum absolute atomic E-state index is 0.00866. The highest BCUT2D eigenvalue weighted by Gasteiger charge is 2.32. The van der Waals surface area contributed by atoms with Gasteiger partial charge in [0.2, 0.25) is 11.8 Å². The molecule has 0 spiro atoms. The summed E-state index contributed by atoms with van der Waals surface area (Å²) in [6.45, 7) is 3.10. The summed E-state index contributed by atoms with van der Waals surface area (Å²) in [6.07, 6.45) is 3.43. The molecule has 1 fully saturated rings. The van der Waals surface area contributed by atoms with Crippen LogP contribution in [0.15, 0.2) is 24.3 Å². The zero-order chi connectivity index (χ0) is 17.7. The van der Waals surface area contributed by atoms with Crippen LogP contribution in [-0.4, -0.2) is 59.0 Å². The van der Waals surface area contributed by atoms with Crippen molar-refractivity contribution in [1.29, 1.82) is 0 Å². The molecule has 0 unspecified atom stereocenters. The van der Waals surface area contributed by atoms with Gasteiger partial charge in [-0.15, -0.1) is 0 Å².